The number of rotatable bonds is 4. The summed E-state index contributed by atoms with van der Waals surface area (Å²) in [6, 6.07) is 12.5. The van der Waals surface area contributed by atoms with E-state index in [1.807, 2.05) is 17.0 Å². The number of aryl methyl sites for hydroxylation is 1. The standard InChI is InChI=1S/C21H26N6OS/c1-25-18-6-3-2-5-15(18)22-20(25)14-26-8-10-27(11-9-26)21(28)17-13-16(23-24-17)19-7-4-12-29-19/h2-7,12,16-17,23-24H,8-11,13-14H2,1H3. The highest BCUT2D eigenvalue weighted by molar-refractivity contribution is 7.10. The number of carbonyl (C=O) groups excluding carboxylic acids is 1. The Balaban J connectivity index is 1.16. The summed E-state index contributed by atoms with van der Waals surface area (Å²) in [7, 11) is 2.08. The number of hydrogen-bond acceptors (Lipinski definition) is 6. The number of fused-ring (bicyclic) bond motifs is 1. The largest absolute Gasteiger partial charge is 0.339 e. The Morgan fingerprint density at radius 1 is 1.14 bits per heavy atom. The van der Waals surface area contributed by atoms with Crippen molar-refractivity contribution in [2.45, 2.75) is 25.0 Å². The number of imidazole rings is 1. The van der Waals surface area contributed by atoms with E-state index in [1.165, 1.54) is 4.88 Å². The van der Waals surface area contributed by atoms with Gasteiger partial charge in [0, 0.05) is 38.1 Å². The van der Waals surface area contributed by atoms with E-state index < -0.39 is 0 Å². The highest BCUT2D eigenvalue weighted by Gasteiger charge is 2.34. The molecule has 7 nitrogen and oxygen atoms in total. The molecule has 2 aromatic heterocycles. The van der Waals surface area contributed by atoms with E-state index in [-0.39, 0.29) is 18.0 Å². The topological polar surface area (TPSA) is 65.4 Å². The smallest absolute Gasteiger partial charge is 0.241 e. The van der Waals surface area contributed by atoms with Crippen molar-refractivity contribution in [2.75, 3.05) is 26.2 Å². The number of carbonyl (C=O) groups is 1. The molecule has 0 aliphatic carbocycles. The van der Waals surface area contributed by atoms with Crippen molar-refractivity contribution in [3.8, 4) is 0 Å². The second-order valence-corrected chi connectivity index (χ2v) is 8.80. The fourth-order valence-corrected chi connectivity index (χ4v) is 5.07. The van der Waals surface area contributed by atoms with E-state index in [2.05, 4.69) is 57.0 Å². The van der Waals surface area contributed by atoms with Gasteiger partial charge in [-0.05, 0) is 30.0 Å². The second kappa shape index (κ2) is 7.87. The zero-order valence-electron chi connectivity index (χ0n) is 16.5. The van der Waals surface area contributed by atoms with Crippen LogP contribution in [-0.2, 0) is 18.4 Å². The molecular formula is C21H26N6OS. The summed E-state index contributed by atoms with van der Waals surface area (Å²) in [5.41, 5.74) is 8.69. The predicted octanol–water partition coefficient (Wildman–Crippen LogP) is 1.89. The number of nitrogens with zero attached hydrogens (tertiary/aromatic N) is 4. The molecule has 2 saturated heterocycles. The Kier molecular flexibility index (Phi) is 5.09. The summed E-state index contributed by atoms with van der Waals surface area (Å²) in [6.45, 7) is 4.11. The van der Waals surface area contributed by atoms with Crippen LogP contribution in [0.2, 0.25) is 0 Å². The summed E-state index contributed by atoms with van der Waals surface area (Å²) in [5.74, 6) is 1.28. The van der Waals surface area contributed by atoms with Gasteiger partial charge < -0.3 is 9.47 Å². The minimum Gasteiger partial charge on any atom is -0.339 e. The lowest BCUT2D eigenvalue weighted by atomic mass is 10.1. The van der Waals surface area contributed by atoms with Gasteiger partial charge in [-0.3, -0.25) is 9.69 Å². The molecule has 2 atom stereocenters. The van der Waals surface area contributed by atoms with Gasteiger partial charge in [0.05, 0.1) is 23.6 Å². The molecule has 4 heterocycles. The normalized spacial score (nSPS) is 23.1. The van der Waals surface area contributed by atoms with Crippen LogP contribution in [0.3, 0.4) is 0 Å². The Bertz CT molecular complexity index is 992. The SMILES string of the molecule is Cn1c(CN2CCN(C(=O)C3CC(c4cccs4)NN3)CC2)nc2ccccc21. The van der Waals surface area contributed by atoms with Crippen LogP contribution in [0.25, 0.3) is 11.0 Å². The highest BCUT2D eigenvalue weighted by Crippen LogP contribution is 2.27. The zero-order valence-corrected chi connectivity index (χ0v) is 17.4. The van der Waals surface area contributed by atoms with Crippen molar-refractivity contribution in [2.24, 2.45) is 7.05 Å². The van der Waals surface area contributed by atoms with E-state index >= 15 is 0 Å². The molecular weight excluding hydrogens is 384 g/mol. The molecule has 2 aliphatic heterocycles. The van der Waals surface area contributed by atoms with E-state index in [9.17, 15) is 4.79 Å². The molecule has 2 unspecified atom stereocenters. The first-order valence-electron chi connectivity index (χ1n) is 10.1. The first kappa shape index (κ1) is 18.7. The molecule has 2 aliphatic rings. The zero-order chi connectivity index (χ0) is 19.8. The number of para-hydroxylation sites is 2. The molecule has 2 fully saturated rings. The van der Waals surface area contributed by atoms with Gasteiger partial charge in [0.2, 0.25) is 5.91 Å². The maximum absolute atomic E-state index is 12.9. The molecule has 3 aromatic rings. The van der Waals surface area contributed by atoms with E-state index in [1.54, 1.807) is 11.3 Å². The minimum atomic E-state index is -0.145. The number of hydrogen-bond donors (Lipinski definition) is 2. The van der Waals surface area contributed by atoms with Crippen molar-refractivity contribution < 1.29 is 4.79 Å². The van der Waals surface area contributed by atoms with E-state index in [4.69, 9.17) is 4.98 Å². The van der Waals surface area contributed by atoms with Gasteiger partial charge in [-0.15, -0.1) is 11.3 Å². The third kappa shape index (κ3) is 3.69. The number of hydrazine groups is 1. The van der Waals surface area contributed by atoms with Crippen LogP contribution in [0, 0.1) is 0 Å². The van der Waals surface area contributed by atoms with Crippen molar-refractivity contribution in [1.82, 2.24) is 30.2 Å². The van der Waals surface area contributed by atoms with E-state index in [0.29, 0.717) is 0 Å². The highest BCUT2D eigenvalue weighted by atomic mass is 32.1. The lowest BCUT2D eigenvalue weighted by molar-refractivity contribution is -0.135. The van der Waals surface area contributed by atoms with Gasteiger partial charge in [0.1, 0.15) is 11.9 Å². The first-order chi connectivity index (χ1) is 14.2. The minimum absolute atomic E-state index is 0.145. The van der Waals surface area contributed by atoms with Gasteiger partial charge in [0.15, 0.2) is 0 Å². The monoisotopic (exact) mass is 410 g/mol. The van der Waals surface area contributed by atoms with Gasteiger partial charge in [-0.1, -0.05) is 18.2 Å². The molecule has 1 amide bonds. The molecule has 2 N–H and O–H groups in total. The molecule has 0 radical (unpaired) electrons. The van der Waals surface area contributed by atoms with Crippen LogP contribution in [0.5, 0.6) is 0 Å². The molecule has 8 heteroatoms. The van der Waals surface area contributed by atoms with Crippen molar-refractivity contribution in [1.29, 1.82) is 0 Å². The predicted molar refractivity (Wildman–Crippen MR) is 114 cm³/mol. The van der Waals surface area contributed by atoms with Gasteiger partial charge in [0.25, 0.3) is 0 Å². The molecule has 0 spiro atoms. The second-order valence-electron chi connectivity index (χ2n) is 7.82. The Morgan fingerprint density at radius 2 is 1.97 bits per heavy atom. The van der Waals surface area contributed by atoms with Crippen LogP contribution in [0.4, 0.5) is 0 Å². The fraction of sp³-hybridized carbons (Fsp3) is 0.429. The van der Waals surface area contributed by atoms with Crippen molar-refractivity contribution >= 4 is 28.3 Å². The molecule has 0 saturated carbocycles. The number of nitrogens with one attached hydrogen (secondary N) is 2. The van der Waals surface area contributed by atoms with Crippen molar-refractivity contribution in [3.63, 3.8) is 0 Å². The quantitative estimate of drug-likeness (QED) is 0.688. The van der Waals surface area contributed by atoms with Gasteiger partial charge in [-0.2, -0.15) is 0 Å². The number of aromatic nitrogens is 2. The maximum Gasteiger partial charge on any atom is 0.241 e. The maximum atomic E-state index is 12.9. The number of piperazine rings is 1. The number of amides is 1. The lowest BCUT2D eigenvalue weighted by Gasteiger charge is -2.35. The molecule has 0 bridgehead atoms. The average Bonchev–Trinajstić information content (AvgIpc) is 3.49. The summed E-state index contributed by atoms with van der Waals surface area (Å²) >= 11 is 1.73. The summed E-state index contributed by atoms with van der Waals surface area (Å²) in [6.07, 6.45) is 0.805. The molecule has 29 heavy (non-hydrogen) atoms. The van der Waals surface area contributed by atoms with Gasteiger partial charge >= 0.3 is 0 Å². The molecule has 1 aromatic carbocycles. The first-order valence-corrected chi connectivity index (χ1v) is 11.0. The number of benzene rings is 1. The Labute approximate surface area is 174 Å². The summed E-state index contributed by atoms with van der Waals surface area (Å²) < 4.78 is 2.17. The Hall–Kier alpha value is -2.26. The van der Waals surface area contributed by atoms with E-state index in [0.717, 1.165) is 56.0 Å². The van der Waals surface area contributed by atoms with Crippen molar-refractivity contribution in [3.05, 3.63) is 52.5 Å². The van der Waals surface area contributed by atoms with Gasteiger partial charge in [-0.25, -0.2) is 15.8 Å². The fourth-order valence-electron chi connectivity index (χ4n) is 4.28. The van der Waals surface area contributed by atoms with Crippen LogP contribution < -0.4 is 10.9 Å². The Morgan fingerprint density at radius 3 is 2.72 bits per heavy atom. The number of thiophene rings is 1. The average molecular weight is 411 g/mol. The third-order valence-corrected chi connectivity index (χ3v) is 7.00. The van der Waals surface area contributed by atoms with Crippen LogP contribution in [-0.4, -0.2) is 57.5 Å². The van der Waals surface area contributed by atoms with Crippen LogP contribution in [0.1, 0.15) is 23.2 Å². The lowest BCUT2D eigenvalue weighted by Crippen LogP contribution is -2.53. The molecule has 152 valence electrons. The van der Waals surface area contributed by atoms with Crippen LogP contribution in [0.15, 0.2) is 41.8 Å². The molecule has 5 rings (SSSR count). The van der Waals surface area contributed by atoms with Crippen LogP contribution >= 0.6 is 11.3 Å². The third-order valence-electron chi connectivity index (χ3n) is 6.02. The summed E-state index contributed by atoms with van der Waals surface area (Å²) in [4.78, 5) is 23.4. The summed E-state index contributed by atoms with van der Waals surface area (Å²) in [5, 5.41) is 2.08.